The van der Waals surface area contributed by atoms with Crippen LogP contribution in [0.25, 0.3) is 22.3 Å². The summed E-state index contributed by atoms with van der Waals surface area (Å²) < 4.78 is 28.9. The van der Waals surface area contributed by atoms with Crippen LogP contribution in [-0.4, -0.2) is 9.97 Å². The highest BCUT2D eigenvalue weighted by atomic mass is 31.2. The highest BCUT2D eigenvalue weighted by Crippen LogP contribution is 2.60. The van der Waals surface area contributed by atoms with Crippen LogP contribution < -0.4 is 5.30 Å². The Morgan fingerprint density at radius 1 is 1.20 bits per heavy atom. The summed E-state index contributed by atoms with van der Waals surface area (Å²) in [5, 5.41) is 1.14. The van der Waals surface area contributed by atoms with Gasteiger partial charge in [0.2, 0.25) is 0 Å². The van der Waals surface area contributed by atoms with Gasteiger partial charge in [0.05, 0.1) is 5.69 Å². The quantitative estimate of drug-likeness (QED) is 0.606. The number of aromatic nitrogens is 2. The van der Waals surface area contributed by atoms with Gasteiger partial charge >= 0.3 is 0 Å². The number of benzene rings is 1. The molecule has 4 rings (SSSR count). The first-order valence-corrected chi connectivity index (χ1v) is 7.64. The highest BCUT2D eigenvalue weighted by Gasteiger charge is 2.37. The molecule has 0 saturated heterocycles. The molecule has 0 radical (unpaired) electrons. The van der Waals surface area contributed by atoms with Crippen molar-refractivity contribution in [2.75, 3.05) is 0 Å². The van der Waals surface area contributed by atoms with Gasteiger partial charge in [0.1, 0.15) is 5.65 Å². The monoisotopic (exact) mass is 288 g/mol. The Balaban J connectivity index is 2.12. The lowest BCUT2D eigenvalue weighted by Crippen LogP contribution is -2.11. The molecule has 2 unspecified atom stereocenters. The van der Waals surface area contributed by atoms with E-state index >= 15 is 0 Å². The van der Waals surface area contributed by atoms with E-state index < -0.39 is 14.1 Å². The summed E-state index contributed by atoms with van der Waals surface area (Å²) in [5.41, 5.74) is 3.32. The van der Waals surface area contributed by atoms with Gasteiger partial charge in [-0.15, -0.1) is 0 Å². The van der Waals surface area contributed by atoms with E-state index in [1.54, 1.807) is 12.1 Å². The van der Waals surface area contributed by atoms with Gasteiger partial charge in [0, 0.05) is 27.5 Å². The van der Waals surface area contributed by atoms with Gasteiger partial charge in [-0.1, -0.05) is 24.3 Å². The number of halogens is 2. The predicted octanol–water partition coefficient (Wildman–Crippen LogP) is 4.51. The molecule has 1 aliphatic heterocycles. The molecule has 0 saturated carbocycles. The number of alkyl halides is 1. The van der Waals surface area contributed by atoms with Gasteiger partial charge in [-0.3, -0.25) is 0 Å². The Morgan fingerprint density at radius 2 is 2.00 bits per heavy atom. The van der Waals surface area contributed by atoms with E-state index in [0.29, 0.717) is 27.6 Å². The fraction of sp³-hybridized carbons (Fsp3) is 0.133. The number of fused-ring (bicyclic) bond motifs is 5. The van der Waals surface area contributed by atoms with Gasteiger partial charge in [-0.25, -0.2) is 13.6 Å². The molecule has 0 spiro atoms. The van der Waals surface area contributed by atoms with E-state index in [2.05, 4.69) is 9.97 Å². The second-order valence-corrected chi connectivity index (χ2v) is 6.45. The van der Waals surface area contributed by atoms with Gasteiger partial charge in [0.15, 0.2) is 14.1 Å². The lowest BCUT2D eigenvalue weighted by atomic mass is 10.0. The molecule has 1 aromatic carbocycles. The van der Waals surface area contributed by atoms with Crippen LogP contribution in [0.5, 0.6) is 0 Å². The minimum Gasteiger partial charge on any atom is -0.339 e. The lowest BCUT2D eigenvalue weighted by molar-refractivity contribution is 0.451. The zero-order valence-corrected chi connectivity index (χ0v) is 11.6. The highest BCUT2D eigenvalue weighted by molar-refractivity contribution is 7.61. The number of nitrogens with zero attached hydrogens (tertiary/aromatic N) is 1. The topological polar surface area (TPSA) is 28.7 Å². The number of H-pyrrole nitrogens is 1. The molecule has 0 amide bonds. The number of pyridine rings is 1. The fourth-order valence-electron chi connectivity index (χ4n) is 2.74. The summed E-state index contributed by atoms with van der Waals surface area (Å²) in [6.07, 6.45) is 0. The molecule has 20 heavy (non-hydrogen) atoms. The standard InChI is InChI=1S/C15H11F2N2P/c1-8-6-7-11-13-12(19-15(11)18-8)9-4-2-3-5-10(9)14(16)20(13)17/h2-7,14H,1H3,(H,18,19). The third-order valence-electron chi connectivity index (χ3n) is 3.67. The van der Waals surface area contributed by atoms with Crippen molar-refractivity contribution < 1.29 is 8.59 Å². The van der Waals surface area contributed by atoms with E-state index in [9.17, 15) is 8.59 Å². The number of aryl methyl sites for hydroxylation is 1. The third kappa shape index (κ3) is 1.49. The summed E-state index contributed by atoms with van der Waals surface area (Å²) in [6.45, 7) is 1.88. The van der Waals surface area contributed by atoms with Crippen molar-refractivity contribution in [3.05, 3.63) is 47.7 Å². The van der Waals surface area contributed by atoms with Crippen molar-refractivity contribution in [1.29, 1.82) is 0 Å². The minimum absolute atomic E-state index is 0.428. The molecule has 3 heterocycles. The van der Waals surface area contributed by atoms with E-state index in [1.165, 1.54) is 0 Å². The maximum Gasteiger partial charge on any atom is 0.179 e. The first-order valence-electron chi connectivity index (χ1n) is 6.34. The predicted molar refractivity (Wildman–Crippen MR) is 77.8 cm³/mol. The van der Waals surface area contributed by atoms with E-state index in [4.69, 9.17) is 0 Å². The van der Waals surface area contributed by atoms with Crippen LogP contribution in [0.4, 0.5) is 8.59 Å². The second kappa shape index (κ2) is 4.10. The molecule has 100 valence electrons. The van der Waals surface area contributed by atoms with Crippen molar-refractivity contribution in [1.82, 2.24) is 9.97 Å². The summed E-state index contributed by atoms with van der Waals surface area (Å²) in [6, 6.07) is 10.7. The summed E-state index contributed by atoms with van der Waals surface area (Å²) in [5.74, 6) is -1.56. The number of hydrogen-bond donors (Lipinski definition) is 1. The average molecular weight is 288 g/mol. The van der Waals surface area contributed by atoms with E-state index in [0.717, 1.165) is 11.3 Å². The molecule has 5 heteroatoms. The van der Waals surface area contributed by atoms with Crippen LogP contribution in [0, 0.1) is 6.92 Å². The first kappa shape index (κ1) is 12.0. The molecule has 0 fully saturated rings. The second-order valence-electron chi connectivity index (χ2n) is 4.93. The van der Waals surface area contributed by atoms with E-state index in [1.807, 2.05) is 31.2 Å². The molecular formula is C15H11F2N2P. The van der Waals surface area contributed by atoms with Gasteiger partial charge in [-0.05, 0) is 19.1 Å². The van der Waals surface area contributed by atoms with Crippen molar-refractivity contribution in [2.24, 2.45) is 0 Å². The van der Waals surface area contributed by atoms with Crippen LogP contribution in [0.3, 0.4) is 0 Å². The maximum atomic E-state index is 14.6. The van der Waals surface area contributed by atoms with Crippen molar-refractivity contribution in [2.45, 2.75) is 12.8 Å². The number of nitrogens with one attached hydrogen (secondary N) is 1. The molecular weight excluding hydrogens is 277 g/mol. The zero-order valence-electron chi connectivity index (χ0n) is 10.7. The Morgan fingerprint density at radius 3 is 2.85 bits per heavy atom. The fourth-order valence-corrected chi connectivity index (χ4v) is 4.24. The normalized spacial score (nSPS) is 20.8. The third-order valence-corrected chi connectivity index (χ3v) is 5.24. The molecule has 2 nitrogen and oxygen atoms in total. The Bertz CT molecular complexity index is 828. The smallest absolute Gasteiger partial charge is 0.179 e. The van der Waals surface area contributed by atoms with Crippen molar-refractivity contribution in [3.8, 4) is 11.3 Å². The van der Waals surface area contributed by atoms with Crippen LogP contribution in [0.15, 0.2) is 36.4 Å². The number of hydrogen-bond acceptors (Lipinski definition) is 1. The molecule has 1 N–H and O–H groups in total. The molecule has 1 aliphatic rings. The van der Waals surface area contributed by atoms with Crippen LogP contribution in [-0.2, 0) is 0 Å². The SMILES string of the molecule is Cc1ccc2c3c([nH]c2n1)-c1ccccc1C(F)P3F. The molecule has 2 aromatic heterocycles. The molecule has 0 bridgehead atoms. The van der Waals surface area contributed by atoms with Crippen molar-refractivity contribution in [3.63, 3.8) is 0 Å². The van der Waals surface area contributed by atoms with Gasteiger partial charge in [-0.2, -0.15) is 0 Å². The minimum atomic E-state index is -2.37. The maximum absolute atomic E-state index is 14.6. The first-order chi connectivity index (χ1) is 9.66. The molecule has 2 atom stereocenters. The summed E-state index contributed by atoms with van der Waals surface area (Å²) in [4.78, 5) is 7.54. The van der Waals surface area contributed by atoms with Gasteiger partial charge in [0.25, 0.3) is 0 Å². The average Bonchev–Trinajstić information content (AvgIpc) is 2.83. The van der Waals surface area contributed by atoms with Crippen molar-refractivity contribution >= 4 is 24.6 Å². The zero-order chi connectivity index (χ0) is 13.9. The van der Waals surface area contributed by atoms with Crippen LogP contribution >= 0.6 is 8.23 Å². The Hall–Kier alpha value is -1.80. The molecule has 3 aromatic rings. The summed E-state index contributed by atoms with van der Waals surface area (Å²) in [7, 11) is -2.37. The number of rotatable bonds is 0. The van der Waals surface area contributed by atoms with Crippen LogP contribution in [0.2, 0.25) is 0 Å². The van der Waals surface area contributed by atoms with Gasteiger partial charge < -0.3 is 4.98 Å². The lowest BCUT2D eigenvalue weighted by Gasteiger charge is -2.23. The van der Waals surface area contributed by atoms with E-state index in [-0.39, 0.29) is 0 Å². The number of aromatic amines is 1. The largest absolute Gasteiger partial charge is 0.339 e. The summed E-state index contributed by atoms with van der Waals surface area (Å²) >= 11 is 0. The molecule has 0 aliphatic carbocycles. The Labute approximate surface area is 115 Å². The van der Waals surface area contributed by atoms with Crippen LogP contribution in [0.1, 0.15) is 17.2 Å². The Kier molecular flexibility index (Phi) is 2.45.